The number of benzene rings is 2. The van der Waals surface area contributed by atoms with Gasteiger partial charge in [0.2, 0.25) is 0 Å². The lowest BCUT2D eigenvalue weighted by molar-refractivity contribution is -0.142. The molecule has 0 bridgehead atoms. The quantitative estimate of drug-likeness (QED) is 0.593. The maximum absolute atomic E-state index is 13.4. The van der Waals surface area contributed by atoms with Crippen LogP contribution in [0.5, 0.6) is 11.5 Å². The number of carbonyl (C=O) groups is 2. The Labute approximate surface area is 154 Å². The minimum Gasteiger partial charge on any atom is -0.493 e. The molecule has 2 aromatic carbocycles. The summed E-state index contributed by atoms with van der Waals surface area (Å²) in [6, 6.07) is 7.73. The molecule has 0 aromatic heterocycles. The minimum absolute atomic E-state index is 0.340. The number of para-hydroxylation sites is 1. The Morgan fingerprint density at radius 3 is 2.59 bits per heavy atom. The summed E-state index contributed by atoms with van der Waals surface area (Å²) in [5.74, 6) is -2.19. The molecule has 142 valence electrons. The molecule has 2 aromatic rings. The van der Waals surface area contributed by atoms with Crippen LogP contribution in [0.25, 0.3) is 6.08 Å². The second-order valence-electron chi connectivity index (χ2n) is 5.20. The van der Waals surface area contributed by atoms with Crippen molar-refractivity contribution in [1.29, 1.82) is 0 Å². The lowest BCUT2D eigenvalue weighted by Crippen LogP contribution is -2.20. The van der Waals surface area contributed by atoms with Crippen LogP contribution in [0.15, 0.2) is 42.5 Å². The Bertz CT molecular complexity index is 867. The highest BCUT2D eigenvalue weighted by molar-refractivity contribution is 5.94. The number of methoxy groups -OCH3 is 2. The zero-order valence-corrected chi connectivity index (χ0v) is 14.6. The van der Waals surface area contributed by atoms with E-state index < -0.39 is 30.1 Å². The fraction of sp³-hybridized carbons (Fsp3) is 0.158. The molecule has 0 aliphatic carbocycles. The van der Waals surface area contributed by atoms with Gasteiger partial charge in [-0.25, -0.2) is 13.6 Å². The molecule has 0 heterocycles. The first-order valence-electron chi connectivity index (χ1n) is 7.75. The van der Waals surface area contributed by atoms with Crippen molar-refractivity contribution in [2.45, 2.75) is 0 Å². The number of amides is 1. The molecule has 0 unspecified atom stereocenters. The van der Waals surface area contributed by atoms with Crippen molar-refractivity contribution in [3.05, 3.63) is 59.7 Å². The van der Waals surface area contributed by atoms with Gasteiger partial charge in [0.25, 0.3) is 5.91 Å². The predicted octanol–water partition coefficient (Wildman–Crippen LogP) is 3.18. The highest BCUT2D eigenvalue weighted by Gasteiger charge is 2.11. The maximum Gasteiger partial charge on any atom is 0.331 e. The molecule has 0 saturated carbocycles. The zero-order chi connectivity index (χ0) is 19.8. The second kappa shape index (κ2) is 9.33. The first kappa shape index (κ1) is 19.9. The van der Waals surface area contributed by atoms with Crippen LogP contribution in [0.1, 0.15) is 5.56 Å². The fourth-order valence-electron chi connectivity index (χ4n) is 2.17. The van der Waals surface area contributed by atoms with Gasteiger partial charge in [0.1, 0.15) is 11.6 Å². The third-order valence-electron chi connectivity index (χ3n) is 3.38. The lowest BCUT2D eigenvalue weighted by atomic mass is 10.1. The van der Waals surface area contributed by atoms with Crippen molar-refractivity contribution in [2.24, 2.45) is 0 Å². The maximum atomic E-state index is 13.4. The average Bonchev–Trinajstić information content (AvgIpc) is 2.67. The van der Waals surface area contributed by atoms with Gasteiger partial charge in [0, 0.05) is 17.7 Å². The molecular formula is C19H17F2NO5. The van der Waals surface area contributed by atoms with Crippen LogP contribution >= 0.6 is 0 Å². The van der Waals surface area contributed by atoms with Gasteiger partial charge in [-0.3, -0.25) is 4.79 Å². The highest BCUT2D eigenvalue weighted by atomic mass is 19.1. The molecule has 0 atom stereocenters. The number of nitrogens with one attached hydrogen (secondary N) is 1. The van der Waals surface area contributed by atoms with Crippen molar-refractivity contribution in [3.8, 4) is 11.5 Å². The molecule has 0 radical (unpaired) electrons. The van der Waals surface area contributed by atoms with Crippen molar-refractivity contribution >= 4 is 23.6 Å². The summed E-state index contributed by atoms with van der Waals surface area (Å²) in [5.41, 5.74) is 0.229. The SMILES string of the molecule is COc1cccc(/C=C/C(=O)OCC(=O)Nc2cc(F)ccc2F)c1OC. The average molecular weight is 377 g/mol. The Hall–Kier alpha value is -3.42. The van der Waals surface area contributed by atoms with Gasteiger partial charge in [-0.2, -0.15) is 0 Å². The normalized spacial score (nSPS) is 10.5. The van der Waals surface area contributed by atoms with E-state index in [-0.39, 0.29) is 5.69 Å². The summed E-state index contributed by atoms with van der Waals surface area (Å²) >= 11 is 0. The van der Waals surface area contributed by atoms with Crippen LogP contribution in [0.2, 0.25) is 0 Å². The topological polar surface area (TPSA) is 73.9 Å². The van der Waals surface area contributed by atoms with Crippen LogP contribution in [-0.2, 0) is 14.3 Å². The van der Waals surface area contributed by atoms with Gasteiger partial charge in [-0.05, 0) is 24.3 Å². The smallest absolute Gasteiger partial charge is 0.331 e. The summed E-state index contributed by atoms with van der Waals surface area (Å²) in [5, 5.41) is 2.12. The Kier molecular flexibility index (Phi) is 6.87. The summed E-state index contributed by atoms with van der Waals surface area (Å²) in [4.78, 5) is 23.5. The van der Waals surface area contributed by atoms with Gasteiger partial charge in [0.15, 0.2) is 18.1 Å². The van der Waals surface area contributed by atoms with Crippen molar-refractivity contribution in [2.75, 3.05) is 26.1 Å². The van der Waals surface area contributed by atoms with E-state index in [1.807, 2.05) is 0 Å². The van der Waals surface area contributed by atoms with E-state index in [4.69, 9.17) is 14.2 Å². The monoisotopic (exact) mass is 377 g/mol. The van der Waals surface area contributed by atoms with Gasteiger partial charge in [-0.1, -0.05) is 12.1 Å². The summed E-state index contributed by atoms with van der Waals surface area (Å²) in [6.07, 6.45) is 2.54. The van der Waals surface area contributed by atoms with Crippen molar-refractivity contribution in [3.63, 3.8) is 0 Å². The van der Waals surface area contributed by atoms with E-state index in [0.29, 0.717) is 17.1 Å². The molecule has 27 heavy (non-hydrogen) atoms. The molecule has 0 aliphatic heterocycles. The van der Waals surface area contributed by atoms with Crippen LogP contribution < -0.4 is 14.8 Å². The van der Waals surface area contributed by atoms with E-state index in [1.54, 1.807) is 18.2 Å². The molecule has 6 nitrogen and oxygen atoms in total. The van der Waals surface area contributed by atoms with E-state index in [1.165, 1.54) is 20.3 Å². The number of halogens is 2. The number of carbonyl (C=O) groups excluding carboxylic acids is 2. The Morgan fingerprint density at radius 2 is 1.89 bits per heavy atom. The van der Waals surface area contributed by atoms with Crippen LogP contribution in [0.4, 0.5) is 14.5 Å². The van der Waals surface area contributed by atoms with Crippen molar-refractivity contribution in [1.82, 2.24) is 0 Å². The Balaban J connectivity index is 1.93. The highest BCUT2D eigenvalue weighted by Crippen LogP contribution is 2.31. The standard InChI is InChI=1S/C19H17F2NO5/c1-25-16-5-3-4-12(19(16)26-2)6-9-18(24)27-11-17(23)22-15-10-13(20)7-8-14(15)21/h3-10H,11H2,1-2H3,(H,22,23)/b9-6+. The Morgan fingerprint density at radius 1 is 1.11 bits per heavy atom. The first-order valence-corrected chi connectivity index (χ1v) is 7.75. The zero-order valence-electron chi connectivity index (χ0n) is 14.6. The molecule has 0 aliphatic rings. The lowest BCUT2D eigenvalue weighted by Gasteiger charge is -2.09. The fourth-order valence-corrected chi connectivity index (χ4v) is 2.17. The number of hydrogen-bond donors (Lipinski definition) is 1. The number of hydrogen-bond acceptors (Lipinski definition) is 5. The molecule has 1 amide bonds. The van der Waals surface area contributed by atoms with Gasteiger partial charge in [0.05, 0.1) is 19.9 Å². The van der Waals surface area contributed by atoms with Gasteiger partial charge >= 0.3 is 5.97 Å². The number of esters is 1. The third-order valence-corrected chi connectivity index (χ3v) is 3.38. The third kappa shape index (κ3) is 5.53. The van der Waals surface area contributed by atoms with Gasteiger partial charge in [-0.15, -0.1) is 0 Å². The summed E-state index contributed by atoms with van der Waals surface area (Å²) in [7, 11) is 2.95. The largest absolute Gasteiger partial charge is 0.493 e. The molecule has 0 saturated heterocycles. The van der Waals surface area contributed by atoms with E-state index in [0.717, 1.165) is 24.3 Å². The molecular weight excluding hydrogens is 360 g/mol. The van der Waals surface area contributed by atoms with E-state index in [2.05, 4.69) is 5.32 Å². The second-order valence-corrected chi connectivity index (χ2v) is 5.20. The first-order chi connectivity index (χ1) is 12.9. The van der Waals surface area contributed by atoms with E-state index >= 15 is 0 Å². The summed E-state index contributed by atoms with van der Waals surface area (Å²) in [6.45, 7) is -0.658. The summed E-state index contributed by atoms with van der Waals surface area (Å²) < 4.78 is 41.7. The molecule has 0 spiro atoms. The number of ether oxygens (including phenoxy) is 3. The molecule has 0 fully saturated rings. The van der Waals surface area contributed by atoms with Crippen LogP contribution in [0, 0.1) is 11.6 Å². The minimum atomic E-state index is -0.805. The predicted molar refractivity (Wildman–Crippen MR) is 94.5 cm³/mol. The van der Waals surface area contributed by atoms with Crippen LogP contribution in [0.3, 0.4) is 0 Å². The van der Waals surface area contributed by atoms with Gasteiger partial charge < -0.3 is 19.5 Å². The molecule has 1 N–H and O–H groups in total. The van der Waals surface area contributed by atoms with E-state index in [9.17, 15) is 18.4 Å². The number of rotatable bonds is 7. The number of anilines is 1. The van der Waals surface area contributed by atoms with Crippen LogP contribution in [-0.4, -0.2) is 32.7 Å². The molecule has 8 heteroatoms. The van der Waals surface area contributed by atoms with Crippen molar-refractivity contribution < 1.29 is 32.6 Å². The molecule has 2 rings (SSSR count).